The largest absolute Gasteiger partial charge is 0.462 e. The van der Waals surface area contributed by atoms with Crippen molar-refractivity contribution in [3.05, 3.63) is 18.4 Å². The molecule has 0 radical (unpaired) electrons. The van der Waals surface area contributed by atoms with Crippen LogP contribution >= 0.6 is 11.3 Å². The average molecular weight is 500 g/mol. The Balaban J connectivity index is 1.30. The predicted octanol–water partition coefficient (Wildman–Crippen LogP) is 1.73. The van der Waals surface area contributed by atoms with E-state index >= 15 is 0 Å². The van der Waals surface area contributed by atoms with Crippen LogP contribution in [0.1, 0.15) is 33.1 Å². The van der Waals surface area contributed by atoms with Crippen molar-refractivity contribution in [2.24, 2.45) is 0 Å². The van der Waals surface area contributed by atoms with Gasteiger partial charge < -0.3 is 30.0 Å². The standard InChI is InChI=1S/C23H29N7O4S/c1-23(2,33)13-16(31)28-8-10-29(11-9-28)21(32)14-5-3-7-30(14)22-26-18(24)17-20(27-22)35-19(25-17)15-6-4-12-34-15/h4,6,12,14,33H,3,5,7-11,13H2,1-2H3,(H2,24,26,27)/t14-/m0/s1. The van der Waals surface area contributed by atoms with E-state index in [1.54, 1.807) is 36.0 Å². The zero-order chi connectivity index (χ0) is 24.7. The van der Waals surface area contributed by atoms with Crippen LogP contribution in [-0.2, 0) is 9.59 Å². The van der Waals surface area contributed by atoms with Gasteiger partial charge in [0.25, 0.3) is 0 Å². The number of fused-ring (bicyclic) bond motifs is 1. The van der Waals surface area contributed by atoms with E-state index in [1.807, 2.05) is 11.0 Å². The van der Waals surface area contributed by atoms with Gasteiger partial charge >= 0.3 is 0 Å². The summed E-state index contributed by atoms with van der Waals surface area (Å²) in [5.74, 6) is 1.27. The van der Waals surface area contributed by atoms with Gasteiger partial charge in [-0.15, -0.1) is 0 Å². The molecule has 11 nitrogen and oxygen atoms in total. The Labute approximate surface area is 206 Å². The first-order valence-electron chi connectivity index (χ1n) is 11.7. The monoisotopic (exact) mass is 499 g/mol. The fourth-order valence-corrected chi connectivity index (χ4v) is 5.51. The lowest BCUT2D eigenvalue weighted by Crippen LogP contribution is -2.55. The van der Waals surface area contributed by atoms with E-state index in [9.17, 15) is 14.7 Å². The van der Waals surface area contributed by atoms with Gasteiger partial charge in [0.2, 0.25) is 17.8 Å². The van der Waals surface area contributed by atoms with Gasteiger partial charge in [0, 0.05) is 32.7 Å². The molecule has 0 bridgehead atoms. The van der Waals surface area contributed by atoms with E-state index < -0.39 is 5.60 Å². The Hall–Kier alpha value is -3.25. The first-order valence-corrected chi connectivity index (χ1v) is 12.5. The molecule has 0 aromatic carbocycles. The summed E-state index contributed by atoms with van der Waals surface area (Å²) in [6.45, 7) is 5.74. The fourth-order valence-electron chi connectivity index (χ4n) is 4.60. The lowest BCUT2D eigenvalue weighted by molar-refractivity contribution is -0.142. The number of carbonyl (C=O) groups excluding carboxylic acids is 2. The van der Waals surface area contributed by atoms with Crippen LogP contribution in [0.4, 0.5) is 11.8 Å². The molecule has 3 N–H and O–H groups in total. The third kappa shape index (κ3) is 4.80. The minimum Gasteiger partial charge on any atom is -0.462 e. The van der Waals surface area contributed by atoms with Gasteiger partial charge in [-0.25, -0.2) is 4.98 Å². The third-order valence-electron chi connectivity index (χ3n) is 6.33. The lowest BCUT2D eigenvalue weighted by Gasteiger charge is -2.38. The highest BCUT2D eigenvalue weighted by molar-refractivity contribution is 7.21. The molecule has 186 valence electrons. The van der Waals surface area contributed by atoms with Crippen LogP contribution in [-0.4, -0.2) is 86.0 Å². The van der Waals surface area contributed by atoms with Crippen molar-refractivity contribution < 1.29 is 19.1 Å². The van der Waals surface area contributed by atoms with E-state index in [0.717, 1.165) is 6.42 Å². The van der Waals surface area contributed by atoms with Gasteiger partial charge in [-0.1, -0.05) is 11.3 Å². The number of anilines is 2. The second kappa shape index (κ2) is 9.08. The van der Waals surface area contributed by atoms with Crippen LogP contribution in [0.15, 0.2) is 22.8 Å². The first-order chi connectivity index (χ1) is 16.7. The maximum absolute atomic E-state index is 13.4. The maximum atomic E-state index is 13.4. The molecule has 0 spiro atoms. The number of piperazine rings is 1. The molecule has 3 aromatic rings. The van der Waals surface area contributed by atoms with Crippen LogP contribution < -0.4 is 10.6 Å². The number of carbonyl (C=O) groups is 2. The third-order valence-corrected chi connectivity index (χ3v) is 7.29. The molecule has 5 heterocycles. The normalized spacial score (nSPS) is 19.1. The minimum absolute atomic E-state index is 0.0138. The summed E-state index contributed by atoms with van der Waals surface area (Å²) in [4.78, 5) is 45.6. The molecule has 2 aliphatic heterocycles. The number of nitrogens with two attached hydrogens (primary N) is 1. The molecule has 0 saturated carbocycles. The second-order valence-electron chi connectivity index (χ2n) is 9.61. The fraction of sp³-hybridized carbons (Fsp3) is 0.522. The number of rotatable bonds is 5. The molecule has 2 amide bonds. The number of hydrogen-bond acceptors (Lipinski definition) is 10. The van der Waals surface area contributed by atoms with Crippen molar-refractivity contribution in [1.29, 1.82) is 0 Å². The van der Waals surface area contributed by atoms with Gasteiger partial charge in [-0.05, 0) is 38.8 Å². The van der Waals surface area contributed by atoms with Crippen molar-refractivity contribution >= 4 is 45.3 Å². The highest BCUT2D eigenvalue weighted by Crippen LogP contribution is 2.34. The molecule has 0 aliphatic carbocycles. The van der Waals surface area contributed by atoms with Crippen molar-refractivity contribution in [2.45, 2.75) is 44.8 Å². The van der Waals surface area contributed by atoms with E-state index in [4.69, 9.17) is 15.1 Å². The summed E-state index contributed by atoms with van der Waals surface area (Å²) in [5, 5.41) is 10.6. The highest BCUT2D eigenvalue weighted by atomic mass is 32.1. The predicted molar refractivity (Wildman–Crippen MR) is 132 cm³/mol. The van der Waals surface area contributed by atoms with E-state index in [0.29, 0.717) is 66.2 Å². The van der Waals surface area contributed by atoms with E-state index in [-0.39, 0.29) is 30.1 Å². The first kappa shape index (κ1) is 23.5. The van der Waals surface area contributed by atoms with Crippen LogP contribution in [0.25, 0.3) is 21.1 Å². The molecular formula is C23H29N7O4S. The molecule has 3 aromatic heterocycles. The number of aromatic nitrogens is 3. The number of aliphatic hydroxyl groups is 1. The van der Waals surface area contributed by atoms with E-state index in [2.05, 4.69) is 9.97 Å². The van der Waals surface area contributed by atoms with Crippen LogP contribution in [0.5, 0.6) is 0 Å². The van der Waals surface area contributed by atoms with Crippen molar-refractivity contribution in [3.8, 4) is 10.8 Å². The summed E-state index contributed by atoms with van der Waals surface area (Å²) in [5.41, 5.74) is 5.71. The van der Waals surface area contributed by atoms with Crippen molar-refractivity contribution in [2.75, 3.05) is 43.4 Å². The Bertz CT molecular complexity index is 1230. The van der Waals surface area contributed by atoms with Gasteiger partial charge in [0.1, 0.15) is 11.6 Å². The second-order valence-corrected chi connectivity index (χ2v) is 10.6. The summed E-state index contributed by atoms with van der Waals surface area (Å²) in [7, 11) is 0. The average Bonchev–Trinajstić information content (AvgIpc) is 3.57. The molecule has 1 atom stereocenters. The lowest BCUT2D eigenvalue weighted by atomic mass is 10.0. The number of thiazole rings is 1. The number of furan rings is 1. The van der Waals surface area contributed by atoms with E-state index in [1.165, 1.54) is 11.3 Å². The zero-order valence-electron chi connectivity index (χ0n) is 19.8. The molecule has 35 heavy (non-hydrogen) atoms. The molecule has 12 heteroatoms. The molecule has 5 rings (SSSR count). The van der Waals surface area contributed by atoms with Gasteiger partial charge in [0.15, 0.2) is 21.4 Å². The van der Waals surface area contributed by atoms with Crippen molar-refractivity contribution in [3.63, 3.8) is 0 Å². The topological polar surface area (TPSA) is 142 Å². The number of nitrogens with zero attached hydrogens (tertiary/aromatic N) is 6. The highest BCUT2D eigenvalue weighted by Gasteiger charge is 2.37. The number of hydrogen-bond donors (Lipinski definition) is 2. The summed E-state index contributed by atoms with van der Waals surface area (Å²) >= 11 is 1.37. The summed E-state index contributed by atoms with van der Waals surface area (Å²) in [6, 6.07) is 3.25. The number of amides is 2. The Morgan fingerprint density at radius 2 is 1.91 bits per heavy atom. The van der Waals surface area contributed by atoms with Crippen molar-refractivity contribution in [1.82, 2.24) is 24.8 Å². The Morgan fingerprint density at radius 1 is 1.17 bits per heavy atom. The molecule has 2 saturated heterocycles. The summed E-state index contributed by atoms with van der Waals surface area (Å²) in [6.07, 6.45) is 3.21. The molecular weight excluding hydrogens is 470 g/mol. The quantitative estimate of drug-likeness (QED) is 0.536. The van der Waals surface area contributed by atoms with Crippen LogP contribution in [0.2, 0.25) is 0 Å². The van der Waals surface area contributed by atoms with Crippen LogP contribution in [0.3, 0.4) is 0 Å². The minimum atomic E-state index is -1.05. The summed E-state index contributed by atoms with van der Waals surface area (Å²) < 4.78 is 5.44. The van der Waals surface area contributed by atoms with Gasteiger partial charge in [-0.3, -0.25) is 9.59 Å². The maximum Gasteiger partial charge on any atom is 0.245 e. The zero-order valence-corrected chi connectivity index (χ0v) is 20.6. The Kier molecular flexibility index (Phi) is 6.09. The smallest absolute Gasteiger partial charge is 0.245 e. The SMILES string of the molecule is CC(C)(O)CC(=O)N1CCN(C(=O)[C@@H]2CCCN2c2nc(N)c3nc(-c4ccco4)sc3n2)CC1. The van der Waals surface area contributed by atoms with Gasteiger partial charge in [0.05, 0.1) is 18.3 Å². The van der Waals surface area contributed by atoms with Crippen LogP contribution in [0, 0.1) is 0 Å². The van der Waals surface area contributed by atoms with Gasteiger partial charge in [-0.2, -0.15) is 9.97 Å². The molecule has 2 fully saturated rings. The number of nitrogen functional groups attached to an aromatic ring is 1. The molecule has 2 aliphatic rings. The molecule has 0 unspecified atom stereocenters. The Morgan fingerprint density at radius 3 is 2.60 bits per heavy atom.